The zero-order chi connectivity index (χ0) is 18.8. The maximum absolute atomic E-state index is 5.55. The SMILES string of the molecule is C=C(c1ccccc1)c1ccc([SiH](CCCN(CC)CC)COC)cc1. The van der Waals surface area contributed by atoms with Gasteiger partial charge in [0.15, 0.2) is 0 Å². The summed E-state index contributed by atoms with van der Waals surface area (Å²) < 4.78 is 5.55. The van der Waals surface area contributed by atoms with Crippen LogP contribution in [0.5, 0.6) is 0 Å². The van der Waals surface area contributed by atoms with Gasteiger partial charge in [-0.2, -0.15) is 0 Å². The van der Waals surface area contributed by atoms with E-state index in [1.165, 1.54) is 35.3 Å². The van der Waals surface area contributed by atoms with E-state index in [1.807, 2.05) is 13.2 Å². The molecule has 0 aliphatic rings. The van der Waals surface area contributed by atoms with Crippen LogP contribution in [0.4, 0.5) is 0 Å². The zero-order valence-electron chi connectivity index (χ0n) is 16.6. The second-order valence-corrected chi connectivity index (χ2v) is 9.76. The van der Waals surface area contributed by atoms with Crippen LogP contribution in [0.1, 0.15) is 31.4 Å². The molecule has 0 N–H and O–H groups in total. The molecule has 0 fully saturated rings. The fourth-order valence-electron chi connectivity index (χ4n) is 3.41. The van der Waals surface area contributed by atoms with Crippen LogP contribution < -0.4 is 5.19 Å². The molecule has 1 atom stereocenters. The highest BCUT2D eigenvalue weighted by atomic mass is 28.3. The van der Waals surface area contributed by atoms with Crippen molar-refractivity contribution in [2.45, 2.75) is 26.3 Å². The van der Waals surface area contributed by atoms with E-state index in [0.29, 0.717) is 0 Å². The highest BCUT2D eigenvalue weighted by molar-refractivity contribution is 6.73. The van der Waals surface area contributed by atoms with Gasteiger partial charge in [0, 0.05) is 13.3 Å². The molecule has 0 heterocycles. The maximum atomic E-state index is 5.55. The van der Waals surface area contributed by atoms with E-state index in [-0.39, 0.29) is 0 Å². The standard InChI is InChI=1S/C23H33NOSi/c1-5-24(6-2)17-10-18-26(19-25-4)23-15-13-22(14-16-23)20(3)21-11-8-7-9-12-21/h7-9,11-16,26H,3,5-6,10,17-19H2,1-2,4H3. The van der Waals surface area contributed by atoms with Crippen LogP contribution in [0.15, 0.2) is 61.2 Å². The number of rotatable bonds is 11. The van der Waals surface area contributed by atoms with Crippen LogP contribution in [0.25, 0.3) is 5.57 Å². The number of methoxy groups -OCH3 is 1. The Labute approximate surface area is 161 Å². The monoisotopic (exact) mass is 367 g/mol. The van der Waals surface area contributed by atoms with Gasteiger partial charge in [-0.05, 0) is 42.8 Å². The van der Waals surface area contributed by atoms with Crippen LogP contribution >= 0.6 is 0 Å². The summed E-state index contributed by atoms with van der Waals surface area (Å²) >= 11 is 0. The number of hydrogen-bond acceptors (Lipinski definition) is 2. The molecular formula is C23H33NOSi. The topological polar surface area (TPSA) is 12.5 Å². The Kier molecular flexibility index (Phi) is 8.82. The third-order valence-corrected chi connectivity index (χ3v) is 8.31. The van der Waals surface area contributed by atoms with Gasteiger partial charge in [-0.15, -0.1) is 0 Å². The Hall–Kier alpha value is -1.68. The van der Waals surface area contributed by atoms with E-state index in [1.54, 1.807) is 0 Å². The van der Waals surface area contributed by atoms with E-state index in [9.17, 15) is 0 Å². The average molecular weight is 368 g/mol. The van der Waals surface area contributed by atoms with Crippen LogP contribution in [-0.4, -0.2) is 46.7 Å². The number of hydrogen-bond donors (Lipinski definition) is 0. The molecule has 0 saturated heterocycles. The summed E-state index contributed by atoms with van der Waals surface area (Å²) in [5.41, 5.74) is 3.47. The average Bonchev–Trinajstić information content (AvgIpc) is 2.70. The second-order valence-electron chi connectivity index (χ2n) is 6.79. The minimum absolute atomic E-state index is 0.914. The Balaban J connectivity index is 2.02. The van der Waals surface area contributed by atoms with Gasteiger partial charge < -0.3 is 9.64 Å². The van der Waals surface area contributed by atoms with Gasteiger partial charge in [-0.1, -0.05) is 86.3 Å². The molecule has 0 amide bonds. The Morgan fingerprint density at radius 2 is 1.58 bits per heavy atom. The summed E-state index contributed by atoms with van der Waals surface area (Å²) in [4.78, 5) is 2.51. The highest BCUT2D eigenvalue weighted by Gasteiger charge is 2.14. The first-order valence-corrected chi connectivity index (χ1v) is 12.0. The van der Waals surface area contributed by atoms with Crippen LogP contribution in [0.3, 0.4) is 0 Å². The summed E-state index contributed by atoms with van der Waals surface area (Å²) in [6, 6.07) is 20.8. The molecule has 1 unspecified atom stereocenters. The van der Waals surface area contributed by atoms with Crippen molar-refractivity contribution in [2.75, 3.05) is 33.0 Å². The first-order valence-electron chi connectivity index (χ1n) is 9.75. The van der Waals surface area contributed by atoms with Gasteiger partial charge in [-0.3, -0.25) is 0 Å². The van der Waals surface area contributed by atoms with Crippen LogP contribution in [0.2, 0.25) is 6.04 Å². The van der Waals surface area contributed by atoms with Gasteiger partial charge in [-0.25, -0.2) is 0 Å². The summed E-state index contributed by atoms with van der Waals surface area (Å²) in [6.07, 6.45) is 2.18. The van der Waals surface area contributed by atoms with Gasteiger partial charge in [0.1, 0.15) is 8.80 Å². The third-order valence-electron chi connectivity index (χ3n) is 5.14. The quantitative estimate of drug-likeness (QED) is 0.555. The largest absolute Gasteiger partial charge is 0.388 e. The molecule has 0 aliphatic carbocycles. The first-order chi connectivity index (χ1) is 12.7. The van der Waals surface area contributed by atoms with Gasteiger partial charge in [0.2, 0.25) is 0 Å². The molecule has 0 bridgehead atoms. The molecule has 2 nitrogen and oxygen atoms in total. The molecule has 0 aliphatic heterocycles. The highest BCUT2D eigenvalue weighted by Crippen LogP contribution is 2.20. The molecule has 140 valence electrons. The lowest BCUT2D eigenvalue weighted by Gasteiger charge is -2.20. The zero-order valence-corrected chi connectivity index (χ0v) is 17.7. The summed E-state index contributed by atoms with van der Waals surface area (Å²) in [6.45, 7) is 12.2. The fraction of sp³-hybridized carbons (Fsp3) is 0.391. The van der Waals surface area contributed by atoms with E-state index in [4.69, 9.17) is 4.74 Å². The molecular weight excluding hydrogens is 334 g/mol. The minimum atomic E-state index is -1.08. The van der Waals surface area contributed by atoms with Crippen molar-refractivity contribution in [1.82, 2.24) is 4.90 Å². The van der Waals surface area contributed by atoms with E-state index < -0.39 is 8.80 Å². The van der Waals surface area contributed by atoms with E-state index in [0.717, 1.165) is 24.9 Å². The smallest absolute Gasteiger partial charge is 0.100 e. The van der Waals surface area contributed by atoms with Crippen molar-refractivity contribution < 1.29 is 4.74 Å². The molecule has 2 rings (SSSR count). The number of benzene rings is 2. The third kappa shape index (κ3) is 5.94. The van der Waals surface area contributed by atoms with Crippen molar-refractivity contribution in [3.05, 3.63) is 72.3 Å². The predicted molar refractivity (Wildman–Crippen MR) is 117 cm³/mol. The van der Waals surface area contributed by atoms with Gasteiger partial charge in [0.25, 0.3) is 0 Å². The normalized spacial score (nSPS) is 12.3. The molecule has 2 aromatic carbocycles. The number of ether oxygens (including phenoxy) is 1. The molecule has 2 aromatic rings. The molecule has 0 saturated carbocycles. The predicted octanol–water partition coefficient (Wildman–Crippen LogP) is 4.10. The molecule has 26 heavy (non-hydrogen) atoms. The van der Waals surface area contributed by atoms with Crippen molar-refractivity contribution in [3.63, 3.8) is 0 Å². The Morgan fingerprint density at radius 1 is 0.962 bits per heavy atom. The molecule has 0 spiro atoms. The summed E-state index contributed by atoms with van der Waals surface area (Å²) in [7, 11) is 0.752. The minimum Gasteiger partial charge on any atom is -0.388 e. The van der Waals surface area contributed by atoms with Crippen LogP contribution in [0, 0.1) is 0 Å². The molecule has 0 aromatic heterocycles. The first kappa shape index (κ1) is 20.6. The lowest BCUT2D eigenvalue weighted by atomic mass is 10.00. The van der Waals surface area contributed by atoms with Crippen molar-refractivity contribution in [2.24, 2.45) is 0 Å². The summed E-state index contributed by atoms with van der Waals surface area (Å²) in [5.74, 6) is 0. The Bertz CT molecular complexity index is 650. The van der Waals surface area contributed by atoms with E-state index >= 15 is 0 Å². The van der Waals surface area contributed by atoms with Crippen molar-refractivity contribution in [3.8, 4) is 0 Å². The lowest BCUT2D eigenvalue weighted by Crippen LogP contribution is -2.36. The van der Waals surface area contributed by atoms with Crippen molar-refractivity contribution >= 4 is 19.6 Å². The maximum Gasteiger partial charge on any atom is 0.100 e. The van der Waals surface area contributed by atoms with Crippen LogP contribution in [-0.2, 0) is 4.74 Å². The Morgan fingerprint density at radius 3 is 2.15 bits per heavy atom. The second kappa shape index (κ2) is 11.1. The van der Waals surface area contributed by atoms with Gasteiger partial charge >= 0.3 is 0 Å². The van der Waals surface area contributed by atoms with Gasteiger partial charge in [0.05, 0.1) is 0 Å². The number of nitrogens with zero attached hydrogens (tertiary/aromatic N) is 1. The fourth-order valence-corrected chi connectivity index (χ4v) is 5.92. The summed E-state index contributed by atoms with van der Waals surface area (Å²) in [5, 5.41) is 1.50. The molecule has 0 radical (unpaired) electrons. The van der Waals surface area contributed by atoms with Crippen molar-refractivity contribution in [1.29, 1.82) is 0 Å². The lowest BCUT2D eigenvalue weighted by molar-refractivity contribution is 0.249. The molecule has 3 heteroatoms. The van der Waals surface area contributed by atoms with E-state index in [2.05, 4.69) is 73.9 Å².